The van der Waals surface area contributed by atoms with E-state index in [0.717, 1.165) is 26.3 Å². The summed E-state index contributed by atoms with van der Waals surface area (Å²) >= 11 is 0. The van der Waals surface area contributed by atoms with Gasteiger partial charge in [-0.25, -0.2) is 0 Å². The number of likely N-dealkylation sites (N-methyl/N-ethyl adjacent to an activating group) is 1. The highest BCUT2D eigenvalue weighted by molar-refractivity contribution is 5.85. The van der Waals surface area contributed by atoms with Crippen molar-refractivity contribution in [3.8, 4) is 0 Å². The van der Waals surface area contributed by atoms with Crippen LogP contribution in [0.15, 0.2) is 24.3 Å². The number of nitrogens with zero attached hydrogens (tertiary/aromatic N) is 1. The van der Waals surface area contributed by atoms with Gasteiger partial charge in [-0.3, -0.25) is 0 Å². The number of morpholine rings is 1. The van der Waals surface area contributed by atoms with Gasteiger partial charge in [0.2, 0.25) is 0 Å². The van der Waals surface area contributed by atoms with Gasteiger partial charge < -0.3 is 20.3 Å². The van der Waals surface area contributed by atoms with E-state index in [1.54, 1.807) is 0 Å². The Morgan fingerprint density at radius 3 is 2.64 bits per heavy atom. The fourth-order valence-corrected chi connectivity index (χ4v) is 4.23. The zero-order chi connectivity index (χ0) is 16.9. The highest BCUT2D eigenvalue weighted by atomic mass is 35.5. The van der Waals surface area contributed by atoms with Crippen LogP contribution in [-0.2, 0) is 4.74 Å². The molecule has 1 heterocycles. The number of nitrogens with one attached hydrogen (secondary N) is 2. The van der Waals surface area contributed by atoms with Crippen molar-refractivity contribution in [1.29, 1.82) is 0 Å². The van der Waals surface area contributed by atoms with Gasteiger partial charge in [-0.05, 0) is 45.3 Å². The number of hydrogen-bond donors (Lipinski definition) is 2. The van der Waals surface area contributed by atoms with E-state index in [9.17, 15) is 0 Å². The van der Waals surface area contributed by atoms with Crippen molar-refractivity contribution in [1.82, 2.24) is 15.5 Å². The van der Waals surface area contributed by atoms with E-state index in [2.05, 4.69) is 60.8 Å². The van der Waals surface area contributed by atoms with Crippen LogP contribution in [-0.4, -0.2) is 57.4 Å². The second kappa shape index (κ2) is 9.89. The average molecular weight is 368 g/mol. The van der Waals surface area contributed by atoms with Crippen molar-refractivity contribution >= 4 is 12.4 Å². The first-order valence-electron chi connectivity index (χ1n) is 9.42. The molecule has 3 rings (SSSR count). The first kappa shape index (κ1) is 20.7. The Bertz CT molecular complexity index is 502. The number of aryl methyl sites for hydroxylation is 1. The molecule has 2 N–H and O–H groups in total. The van der Waals surface area contributed by atoms with E-state index < -0.39 is 0 Å². The Hall–Kier alpha value is -0.650. The predicted octanol–water partition coefficient (Wildman–Crippen LogP) is 2.77. The molecule has 1 aliphatic heterocycles. The van der Waals surface area contributed by atoms with Crippen LogP contribution in [0.1, 0.15) is 36.4 Å². The van der Waals surface area contributed by atoms with E-state index in [1.165, 1.54) is 30.4 Å². The lowest BCUT2D eigenvalue weighted by atomic mass is 9.93. The van der Waals surface area contributed by atoms with Crippen molar-refractivity contribution < 1.29 is 4.74 Å². The molecule has 1 aliphatic carbocycles. The predicted molar refractivity (Wildman–Crippen MR) is 107 cm³/mol. The second-order valence-electron chi connectivity index (χ2n) is 7.64. The van der Waals surface area contributed by atoms with Crippen LogP contribution in [0.25, 0.3) is 0 Å². The highest BCUT2D eigenvalue weighted by Crippen LogP contribution is 2.30. The third kappa shape index (κ3) is 5.41. The topological polar surface area (TPSA) is 36.5 Å². The van der Waals surface area contributed by atoms with Crippen LogP contribution in [0.4, 0.5) is 0 Å². The summed E-state index contributed by atoms with van der Waals surface area (Å²) in [6.07, 6.45) is 3.93. The van der Waals surface area contributed by atoms with Crippen LogP contribution in [0.5, 0.6) is 0 Å². The lowest BCUT2D eigenvalue weighted by molar-refractivity contribution is 0.0520. The third-order valence-corrected chi connectivity index (χ3v) is 5.70. The molecule has 2 aliphatic rings. The van der Waals surface area contributed by atoms with Gasteiger partial charge in [0.25, 0.3) is 0 Å². The zero-order valence-corrected chi connectivity index (χ0v) is 16.6. The minimum absolute atomic E-state index is 0. The molecule has 0 radical (unpaired) electrons. The molecular weight excluding hydrogens is 334 g/mol. The van der Waals surface area contributed by atoms with Gasteiger partial charge in [0.05, 0.1) is 13.2 Å². The van der Waals surface area contributed by atoms with E-state index in [-0.39, 0.29) is 12.4 Å². The van der Waals surface area contributed by atoms with E-state index in [0.29, 0.717) is 24.0 Å². The molecule has 1 aromatic carbocycles. The molecule has 1 aromatic rings. The molecule has 0 aromatic heterocycles. The van der Waals surface area contributed by atoms with Gasteiger partial charge in [-0.15, -0.1) is 12.4 Å². The Morgan fingerprint density at radius 2 is 2.00 bits per heavy atom. The molecule has 0 bridgehead atoms. The minimum atomic E-state index is 0. The molecular formula is C20H34ClN3O. The lowest BCUT2D eigenvalue weighted by Crippen LogP contribution is -2.51. The second-order valence-corrected chi connectivity index (χ2v) is 7.64. The molecule has 5 heteroatoms. The van der Waals surface area contributed by atoms with Crippen molar-refractivity contribution in [2.24, 2.45) is 5.92 Å². The van der Waals surface area contributed by atoms with E-state index in [1.807, 2.05) is 0 Å². The Morgan fingerprint density at radius 1 is 1.24 bits per heavy atom. The lowest BCUT2D eigenvalue weighted by Gasteiger charge is -2.34. The maximum atomic E-state index is 5.69. The van der Waals surface area contributed by atoms with Gasteiger partial charge in [-0.2, -0.15) is 0 Å². The van der Waals surface area contributed by atoms with Gasteiger partial charge in [0.1, 0.15) is 0 Å². The number of ether oxygens (including phenoxy) is 1. The van der Waals surface area contributed by atoms with E-state index in [4.69, 9.17) is 4.74 Å². The first-order valence-corrected chi connectivity index (χ1v) is 9.42. The quantitative estimate of drug-likeness (QED) is 0.810. The summed E-state index contributed by atoms with van der Waals surface area (Å²) in [5, 5.41) is 7.55. The highest BCUT2D eigenvalue weighted by Gasteiger charge is 2.34. The van der Waals surface area contributed by atoms with Crippen LogP contribution in [0.3, 0.4) is 0 Å². The molecule has 4 atom stereocenters. The third-order valence-electron chi connectivity index (χ3n) is 5.70. The average Bonchev–Trinajstić information content (AvgIpc) is 3.06. The number of hydrogen-bond acceptors (Lipinski definition) is 4. The Kier molecular flexibility index (Phi) is 8.17. The van der Waals surface area contributed by atoms with Gasteiger partial charge >= 0.3 is 0 Å². The molecule has 1 saturated heterocycles. The molecule has 4 unspecified atom stereocenters. The normalized spacial score (nSPS) is 27.9. The van der Waals surface area contributed by atoms with Crippen molar-refractivity contribution in [2.45, 2.75) is 44.3 Å². The number of halogens is 1. The van der Waals surface area contributed by atoms with Crippen molar-refractivity contribution in [2.75, 3.05) is 40.4 Å². The summed E-state index contributed by atoms with van der Waals surface area (Å²) in [7, 11) is 4.35. The number of rotatable bonds is 6. The molecule has 2 fully saturated rings. The Balaban J connectivity index is 0.00000225. The fraction of sp³-hybridized carbons (Fsp3) is 0.700. The van der Waals surface area contributed by atoms with Gasteiger partial charge in [0, 0.05) is 31.2 Å². The van der Waals surface area contributed by atoms with Crippen LogP contribution in [0.2, 0.25) is 0 Å². The zero-order valence-electron chi connectivity index (χ0n) is 15.8. The standard InChI is InChI=1S/C20H33N3O.ClH/c1-15-7-9-16(10-8-15)20(23(2)3)13-22-18-6-4-5-17(18)19-14-24-12-11-21-19;/h7-10,17-22H,4-6,11-14H2,1-3H3;1H. The maximum Gasteiger partial charge on any atom is 0.0623 e. The van der Waals surface area contributed by atoms with Gasteiger partial charge in [0.15, 0.2) is 0 Å². The van der Waals surface area contributed by atoms with Crippen LogP contribution >= 0.6 is 12.4 Å². The largest absolute Gasteiger partial charge is 0.379 e. The minimum Gasteiger partial charge on any atom is -0.379 e. The van der Waals surface area contributed by atoms with E-state index >= 15 is 0 Å². The Labute approximate surface area is 159 Å². The maximum absolute atomic E-state index is 5.69. The molecule has 25 heavy (non-hydrogen) atoms. The molecule has 4 nitrogen and oxygen atoms in total. The fourth-order valence-electron chi connectivity index (χ4n) is 4.23. The molecule has 0 spiro atoms. The van der Waals surface area contributed by atoms with Gasteiger partial charge in [-0.1, -0.05) is 36.2 Å². The van der Waals surface area contributed by atoms with Crippen LogP contribution < -0.4 is 10.6 Å². The first-order chi connectivity index (χ1) is 11.6. The monoisotopic (exact) mass is 367 g/mol. The number of benzene rings is 1. The smallest absolute Gasteiger partial charge is 0.0623 e. The van der Waals surface area contributed by atoms with Crippen molar-refractivity contribution in [3.63, 3.8) is 0 Å². The van der Waals surface area contributed by atoms with Crippen molar-refractivity contribution in [3.05, 3.63) is 35.4 Å². The summed E-state index contributed by atoms with van der Waals surface area (Å²) in [6, 6.07) is 10.5. The summed E-state index contributed by atoms with van der Waals surface area (Å²) in [6.45, 7) is 5.88. The summed E-state index contributed by atoms with van der Waals surface area (Å²) in [5.41, 5.74) is 2.72. The summed E-state index contributed by atoms with van der Waals surface area (Å²) < 4.78 is 5.69. The molecule has 1 saturated carbocycles. The van der Waals surface area contributed by atoms with Crippen LogP contribution in [0, 0.1) is 12.8 Å². The summed E-state index contributed by atoms with van der Waals surface area (Å²) in [4.78, 5) is 2.32. The molecule has 0 amide bonds. The SMILES string of the molecule is Cc1ccc(C(CNC2CCCC2C2COCCN2)N(C)C)cc1.Cl. The molecule has 142 valence electrons. The summed E-state index contributed by atoms with van der Waals surface area (Å²) in [5.74, 6) is 0.700.